The predicted octanol–water partition coefficient (Wildman–Crippen LogP) is 4.35. The maximum Gasteiger partial charge on any atom is 1.00 e. The summed E-state index contributed by atoms with van der Waals surface area (Å²) >= 11 is 0. The van der Waals surface area contributed by atoms with E-state index in [1.807, 2.05) is 20.8 Å². The number of rotatable bonds is 12. The van der Waals surface area contributed by atoms with E-state index in [9.17, 15) is 31.1 Å². The summed E-state index contributed by atoms with van der Waals surface area (Å²) in [5.41, 5.74) is -6.02. The van der Waals surface area contributed by atoms with Crippen LogP contribution in [0.2, 0.25) is 0 Å². The Morgan fingerprint density at radius 1 is 0.806 bits per heavy atom. The molecule has 1 atom stereocenters. The van der Waals surface area contributed by atoms with Gasteiger partial charge < -0.3 is 15.6 Å². The van der Waals surface area contributed by atoms with Crippen LogP contribution in [0.1, 0.15) is 62.9 Å². The fraction of sp³-hybridized carbons (Fsp3) is 0.458. The zero-order chi connectivity index (χ0) is 26.2. The minimum absolute atomic E-state index is 0. The largest absolute Gasteiger partial charge is 1.00 e. The maximum atomic E-state index is 13.6. The number of ether oxygens (including phenoxy) is 3. The summed E-state index contributed by atoms with van der Waals surface area (Å²) in [5, 5.41) is 0.0888. The molecule has 0 aliphatic carbocycles. The van der Waals surface area contributed by atoms with E-state index in [0.29, 0.717) is 49.8 Å². The van der Waals surface area contributed by atoms with E-state index in [4.69, 9.17) is 14.2 Å². The molecule has 196 valence electrons. The summed E-state index contributed by atoms with van der Waals surface area (Å²) in [6, 6.07) is 4.52. The monoisotopic (exact) mass is 532 g/mol. The molecule has 4 nitrogen and oxygen atoms in total. The number of carbonyl (C=O) groups is 1. The molecular weight excluding hydrogens is 504 g/mol. The van der Waals surface area contributed by atoms with E-state index in [2.05, 4.69) is 0 Å². The zero-order valence-electron chi connectivity index (χ0n) is 21.5. The Morgan fingerprint density at radius 3 is 1.61 bits per heavy atom. The van der Waals surface area contributed by atoms with E-state index >= 15 is 0 Å². The van der Waals surface area contributed by atoms with Gasteiger partial charge in [-0.1, -0.05) is 26.8 Å². The van der Waals surface area contributed by atoms with E-state index in [1.165, 1.54) is 12.1 Å². The van der Waals surface area contributed by atoms with Gasteiger partial charge in [-0.25, -0.2) is 0 Å². The smallest absolute Gasteiger partial charge is 1.00 e. The second-order valence-corrected chi connectivity index (χ2v) is 8.72. The SMILES string of the molecule is CCCOc1cc(OCCC)c(PC(=O)c2c(C(F)(F)F)cccc2C(F)(F)F)c(OCCC)c1.[H-].[Li+]. The predicted molar refractivity (Wildman–Crippen MR) is 124 cm³/mol. The van der Waals surface area contributed by atoms with E-state index in [-0.39, 0.29) is 50.3 Å². The minimum Gasteiger partial charge on any atom is -1.00 e. The van der Waals surface area contributed by atoms with Crippen molar-refractivity contribution in [2.75, 3.05) is 19.8 Å². The molecule has 2 aromatic carbocycles. The molecule has 0 N–H and O–H groups in total. The molecule has 0 heterocycles. The van der Waals surface area contributed by atoms with Crippen LogP contribution in [0.25, 0.3) is 0 Å². The third-order valence-electron chi connectivity index (χ3n) is 4.58. The quantitative estimate of drug-likeness (QED) is 0.232. The molecule has 0 fully saturated rings. The van der Waals surface area contributed by atoms with Crippen LogP contribution in [0.15, 0.2) is 30.3 Å². The molecule has 36 heavy (non-hydrogen) atoms. The number of hydrogen-bond acceptors (Lipinski definition) is 4. The van der Waals surface area contributed by atoms with Crippen molar-refractivity contribution in [3.05, 3.63) is 47.0 Å². The molecule has 1 unspecified atom stereocenters. The molecule has 0 aromatic heterocycles. The molecule has 0 saturated heterocycles. The Morgan fingerprint density at radius 2 is 1.22 bits per heavy atom. The minimum atomic E-state index is -5.16. The fourth-order valence-electron chi connectivity index (χ4n) is 3.09. The fourth-order valence-corrected chi connectivity index (χ4v) is 4.25. The van der Waals surface area contributed by atoms with Gasteiger partial charge in [0.1, 0.15) is 17.2 Å². The molecule has 0 aliphatic heterocycles. The molecule has 0 bridgehead atoms. The van der Waals surface area contributed by atoms with Crippen molar-refractivity contribution in [2.45, 2.75) is 52.4 Å². The van der Waals surface area contributed by atoms with Crippen molar-refractivity contribution in [3.8, 4) is 17.2 Å². The summed E-state index contributed by atoms with van der Waals surface area (Å²) in [4.78, 5) is 13.1. The number of carbonyl (C=O) groups excluding carboxylic acids is 1. The van der Waals surface area contributed by atoms with E-state index < -0.39 is 43.1 Å². The van der Waals surface area contributed by atoms with Crippen LogP contribution >= 0.6 is 8.58 Å². The third-order valence-corrected chi connectivity index (χ3v) is 5.80. The Balaban J connectivity index is 0.00000648. The van der Waals surface area contributed by atoms with Crippen LogP contribution in [0, 0.1) is 0 Å². The molecule has 2 aromatic rings. The van der Waals surface area contributed by atoms with Gasteiger partial charge in [-0.05, 0) is 40.0 Å². The van der Waals surface area contributed by atoms with Crippen molar-refractivity contribution in [1.29, 1.82) is 0 Å². The van der Waals surface area contributed by atoms with Crippen LogP contribution in [0.3, 0.4) is 0 Å². The standard InChI is InChI=1S/C24H27F6O4P.Li.H/c1-4-10-32-15-13-18(33-11-5-2)21(19(14-15)34-12-6-3)35-22(31)20-16(23(25,26)27)8-7-9-17(20)24(28,29)30;;/h7-9,13-14,35H,4-6,10-12H2,1-3H3;;/q;+1;-1. The van der Waals surface area contributed by atoms with Gasteiger partial charge in [-0.15, -0.1) is 0 Å². The first-order valence-corrected chi connectivity index (χ1v) is 12.1. The second kappa shape index (κ2) is 14.2. The number of hydrogen-bond donors (Lipinski definition) is 0. The van der Waals surface area contributed by atoms with Gasteiger partial charge in [0.25, 0.3) is 0 Å². The van der Waals surface area contributed by atoms with E-state index in [1.54, 1.807) is 0 Å². The normalized spacial score (nSPS) is 11.9. The first-order chi connectivity index (χ1) is 16.4. The van der Waals surface area contributed by atoms with Crippen molar-refractivity contribution < 1.29 is 65.6 Å². The Hall–Kier alpha value is -1.88. The first-order valence-electron chi connectivity index (χ1n) is 11.1. The second-order valence-electron chi connectivity index (χ2n) is 7.52. The van der Waals surface area contributed by atoms with Gasteiger partial charge in [0.15, 0.2) is 5.52 Å². The van der Waals surface area contributed by atoms with Crippen LogP contribution in [0.4, 0.5) is 26.3 Å². The topological polar surface area (TPSA) is 44.8 Å². The Kier molecular flexibility index (Phi) is 12.6. The summed E-state index contributed by atoms with van der Waals surface area (Å²) in [6.45, 7) is 6.34. The van der Waals surface area contributed by atoms with Gasteiger partial charge in [0, 0.05) is 17.7 Å². The molecular formula is C24H28F6LiO4P. The molecule has 0 amide bonds. The number of halogens is 6. The first kappa shape index (κ1) is 32.1. The van der Waals surface area contributed by atoms with Gasteiger partial charge in [-0.3, -0.25) is 4.79 Å². The molecule has 2 rings (SSSR count). The Bertz CT molecular complexity index is 956. The van der Waals surface area contributed by atoms with Crippen molar-refractivity contribution in [2.24, 2.45) is 0 Å². The summed E-state index contributed by atoms with van der Waals surface area (Å²) in [5.74, 6) is 0.601. The summed E-state index contributed by atoms with van der Waals surface area (Å²) in [7, 11) is -1.12. The number of alkyl halides is 6. The number of benzene rings is 2. The summed E-state index contributed by atoms with van der Waals surface area (Å²) in [6.07, 6.45) is -8.45. The van der Waals surface area contributed by atoms with Gasteiger partial charge in [0.05, 0.1) is 36.3 Å². The van der Waals surface area contributed by atoms with E-state index in [0.717, 1.165) is 0 Å². The molecule has 0 saturated carbocycles. The van der Waals surface area contributed by atoms with Crippen molar-refractivity contribution in [3.63, 3.8) is 0 Å². The maximum absolute atomic E-state index is 13.6. The van der Waals surface area contributed by atoms with Gasteiger partial charge in [0.2, 0.25) is 0 Å². The van der Waals surface area contributed by atoms with Crippen molar-refractivity contribution in [1.82, 2.24) is 0 Å². The van der Waals surface area contributed by atoms with Crippen LogP contribution < -0.4 is 38.4 Å². The summed E-state index contributed by atoms with van der Waals surface area (Å²) < 4.78 is 98.6. The van der Waals surface area contributed by atoms with Crippen molar-refractivity contribution >= 4 is 19.4 Å². The van der Waals surface area contributed by atoms with Crippen LogP contribution in [0.5, 0.6) is 17.2 Å². The molecule has 0 spiro atoms. The average molecular weight is 532 g/mol. The zero-order valence-corrected chi connectivity index (χ0v) is 21.5. The van der Waals surface area contributed by atoms with Gasteiger partial charge >= 0.3 is 31.2 Å². The Labute approximate surface area is 221 Å². The van der Waals surface area contributed by atoms with Gasteiger partial charge in [-0.2, -0.15) is 26.3 Å². The van der Waals surface area contributed by atoms with Crippen LogP contribution in [-0.2, 0) is 12.4 Å². The molecule has 0 radical (unpaired) electrons. The third kappa shape index (κ3) is 8.60. The molecule has 0 aliphatic rings. The van der Waals surface area contributed by atoms with Crippen LogP contribution in [-0.4, -0.2) is 25.3 Å². The average Bonchev–Trinajstić information content (AvgIpc) is 2.79. The molecule has 12 heteroatoms.